The lowest BCUT2D eigenvalue weighted by Crippen LogP contribution is -2.14. The van der Waals surface area contributed by atoms with Crippen LogP contribution in [-0.4, -0.2) is 27.7 Å². The van der Waals surface area contributed by atoms with E-state index in [9.17, 15) is 13.2 Å². The number of carbonyl (C=O) groups excluding carboxylic acids is 1. The molecule has 122 valence electrons. The van der Waals surface area contributed by atoms with E-state index in [4.69, 9.17) is 4.74 Å². The minimum absolute atomic E-state index is 0.322. The van der Waals surface area contributed by atoms with E-state index in [1.165, 1.54) is 6.07 Å². The Bertz CT molecular complexity index is 803. The van der Waals surface area contributed by atoms with Crippen LogP contribution in [0, 0.1) is 0 Å². The second-order valence-electron chi connectivity index (χ2n) is 5.04. The zero-order valence-electron chi connectivity index (χ0n) is 12.9. The topological polar surface area (TPSA) is 84.5 Å². The summed E-state index contributed by atoms with van der Waals surface area (Å²) < 4.78 is 29.9. The summed E-state index contributed by atoms with van der Waals surface area (Å²) in [5, 5.41) is 2.78. The molecule has 0 fully saturated rings. The summed E-state index contributed by atoms with van der Waals surface area (Å²) in [6, 6.07) is 13.6. The number of anilines is 2. The van der Waals surface area contributed by atoms with Crippen LogP contribution in [0.1, 0.15) is 15.9 Å². The predicted octanol–water partition coefficient (Wildman–Crippen LogP) is 2.46. The Morgan fingerprint density at radius 1 is 1.09 bits per heavy atom. The molecule has 0 aliphatic rings. The molecule has 0 radical (unpaired) electrons. The summed E-state index contributed by atoms with van der Waals surface area (Å²) in [7, 11) is -1.78. The van der Waals surface area contributed by atoms with Crippen LogP contribution >= 0.6 is 0 Å². The predicted molar refractivity (Wildman–Crippen MR) is 90.0 cm³/mol. The molecule has 0 bridgehead atoms. The second-order valence-corrected chi connectivity index (χ2v) is 6.79. The number of carbonyl (C=O) groups is 1. The van der Waals surface area contributed by atoms with Crippen molar-refractivity contribution in [1.29, 1.82) is 0 Å². The number of amides is 1. The van der Waals surface area contributed by atoms with Crippen molar-refractivity contribution in [2.45, 2.75) is 6.61 Å². The van der Waals surface area contributed by atoms with Crippen LogP contribution in [0.3, 0.4) is 0 Å². The van der Waals surface area contributed by atoms with Gasteiger partial charge in [0.2, 0.25) is 10.0 Å². The van der Waals surface area contributed by atoms with E-state index < -0.39 is 10.0 Å². The van der Waals surface area contributed by atoms with Crippen LogP contribution in [0.25, 0.3) is 0 Å². The number of sulfonamides is 1. The highest BCUT2D eigenvalue weighted by atomic mass is 32.2. The summed E-state index contributed by atoms with van der Waals surface area (Å²) >= 11 is 0. The third-order valence-corrected chi connectivity index (χ3v) is 3.53. The van der Waals surface area contributed by atoms with E-state index in [2.05, 4.69) is 10.0 Å². The van der Waals surface area contributed by atoms with Gasteiger partial charge in [-0.2, -0.15) is 0 Å². The van der Waals surface area contributed by atoms with Crippen molar-refractivity contribution in [2.75, 3.05) is 23.4 Å². The number of hydrogen-bond acceptors (Lipinski definition) is 4. The van der Waals surface area contributed by atoms with Gasteiger partial charge in [0.15, 0.2) is 0 Å². The van der Waals surface area contributed by atoms with Crippen molar-refractivity contribution < 1.29 is 17.9 Å². The van der Waals surface area contributed by atoms with Gasteiger partial charge in [0.1, 0.15) is 0 Å². The summed E-state index contributed by atoms with van der Waals surface area (Å²) in [6.45, 7) is 0.456. The van der Waals surface area contributed by atoms with Gasteiger partial charge in [0.25, 0.3) is 5.91 Å². The van der Waals surface area contributed by atoms with E-state index in [1.54, 1.807) is 31.4 Å². The van der Waals surface area contributed by atoms with Gasteiger partial charge in [-0.3, -0.25) is 9.52 Å². The van der Waals surface area contributed by atoms with Gasteiger partial charge in [0.05, 0.1) is 12.9 Å². The maximum Gasteiger partial charge on any atom is 0.255 e. The average Bonchev–Trinajstić information content (AvgIpc) is 2.46. The highest BCUT2D eigenvalue weighted by molar-refractivity contribution is 7.92. The molecule has 23 heavy (non-hydrogen) atoms. The number of methoxy groups -OCH3 is 1. The standard InChI is InChI=1S/C16H18N2O4S/c1-22-11-12-5-3-7-14(9-12)17-16(19)13-6-4-8-15(10-13)18-23(2,20)21/h3-10,18H,11H2,1-2H3,(H,17,19). The van der Waals surface area contributed by atoms with Gasteiger partial charge in [-0.25, -0.2) is 8.42 Å². The molecule has 0 atom stereocenters. The molecule has 6 nitrogen and oxygen atoms in total. The summed E-state index contributed by atoms with van der Waals surface area (Å²) in [4.78, 5) is 12.3. The molecule has 0 aliphatic heterocycles. The third-order valence-electron chi connectivity index (χ3n) is 2.92. The van der Waals surface area contributed by atoms with E-state index >= 15 is 0 Å². The first-order valence-electron chi connectivity index (χ1n) is 6.84. The zero-order valence-corrected chi connectivity index (χ0v) is 13.7. The highest BCUT2D eigenvalue weighted by Gasteiger charge is 2.09. The van der Waals surface area contributed by atoms with Crippen LogP contribution in [0.4, 0.5) is 11.4 Å². The third kappa shape index (κ3) is 5.39. The van der Waals surface area contributed by atoms with Crippen LogP contribution in [-0.2, 0) is 21.4 Å². The smallest absolute Gasteiger partial charge is 0.255 e. The molecule has 0 unspecified atom stereocenters. The van der Waals surface area contributed by atoms with Crippen molar-refractivity contribution in [3.05, 3.63) is 59.7 Å². The first kappa shape index (κ1) is 17.0. The Morgan fingerprint density at radius 3 is 2.48 bits per heavy atom. The first-order valence-corrected chi connectivity index (χ1v) is 8.73. The van der Waals surface area contributed by atoms with Crippen LogP contribution in [0.5, 0.6) is 0 Å². The first-order chi connectivity index (χ1) is 10.9. The Labute approximate surface area is 135 Å². The molecule has 1 amide bonds. The van der Waals surface area contributed by atoms with Gasteiger partial charge < -0.3 is 10.1 Å². The fourth-order valence-corrected chi connectivity index (χ4v) is 2.60. The van der Waals surface area contributed by atoms with E-state index in [-0.39, 0.29) is 5.91 Å². The lowest BCUT2D eigenvalue weighted by Gasteiger charge is -2.09. The Morgan fingerprint density at radius 2 is 1.78 bits per heavy atom. The zero-order chi connectivity index (χ0) is 16.9. The minimum atomic E-state index is -3.39. The fourth-order valence-electron chi connectivity index (χ4n) is 2.05. The number of hydrogen-bond donors (Lipinski definition) is 2. The van der Waals surface area contributed by atoms with E-state index in [1.807, 2.05) is 18.2 Å². The Balaban J connectivity index is 2.14. The molecule has 0 aliphatic carbocycles. The van der Waals surface area contributed by atoms with Gasteiger partial charge in [-0.05, 0) is 35.9 Å². The van der Waals surface area contributed by atoms with Crippen LogP contribution in [0.15, 0.2) is 48.5 Å². The SMILES string of the molecule is COCc1cccc(NC(=O)c2cccc(NS(C)(=O)=O)c2)c1. The molecule has 0 saturated heterocycles. The number of nitrogens with one attached hydrogen (secondary N) is 2. The van der Waals surface area contributed by atoms with E-state index in [0.29, 0.717) is 23.5 Å². The number of rotatable bonds is 6. The van der Waals surface area contributed by atoms with Crippen LogP contribution in [0.2, 0.25) is 0 Å². The van der Waals surface area contributed by atoms with Gasteiger partial charge >= 0.3 is 0 Å². The molecule has 0 spiro atoms. The molecule has 2 rings (SSSR count). The van der Waals surface area contributed by atoms with Crippen LogP contribution < -0.4 is 10.0 Å². The molecule has 0 aromatic heterocycles. The quantitative estimate of drug-likeness (QED) is 0.850. The monoisotopic (exact) mass is 334 g/mol. The van der Waals surface area contributed by atoms with Gasteiger partial charge in [-0.1, -0.05) is 18.2 Å². The number of ether oxygens (including phenoxy) is 1. The number of benzene rings is 2. The van der Waals surface area contributed by atoms with Crippen molar-refractivity contribution in [2.24, 2.45) is 0 Å². The normalized spacial score (nSPS) is 11.0. The fraction of sp³-hybridized carbons (Fsp3) is 0.188. The van der Waals surface area contributed by atoms with E-state index in [0.717, 1.165) is 11.8 Å². The van der Waals surface area contributed by atoms with Crippen molar-refractivity contribution in [1.82, 2.24) is 0 Å². The molecule has 2 aromatic rings. The minimum Gasteiger partial charge on any atom is -0.380 e. The lowest BCUT2D eigenvalue weighted by molar-refractivity contribution is 0.102. The molecule has 7 heteroatoms. The van der Waals surface area contributed by atoms with Crippen molar-refractivity contribution in [3.63, 3.8) is 0 Å². The molecule has 0 heterocycles. The summed E-state index contributed by atoms with van der Waals surface area (Å²) in [5.41, 5.74) is 2.29. The molecular weight excluding hydrogens is 316 g/mol. The second kappa shape index (κ2) is 7.26. The molecule has 2 N–H and O–H groups in total. The average molecular weight is 334 g/mol. The van der Waals surface area contributed by atoms with Crippen molar-refractivity contribution >= 4 is 27.3 Å². The molecular formula is C16H18N2O4S. The maximum absolute atomic E-state index is 12.3. The van der Waals surface area contributed by atoms with Gasteiger partial charge in [-0.15, -0.1) is 0 Å². The maximum atomic E-state index is 12.3. The Hall–Kier alpha value is -2.38. The Kier molecular flexibility index (Phi) is 5.36. The summed E-state index contributed by atoms with van der Waals surface area (Å²) in [5.74, 6) is -0.322. The largest absolute Gasteiger partial charge is 0.380 e. The highest BCUT2D eigenvalue weighted by Crippen LogP contribution is 2.16. The van der Waals surface area contributed by atoms with Gasteiger partial charge in [0, 0.05) is 24.0 Å². The van der Waals surface area contributed by atoms with Crippen molar-refractivity contribution in [3.8, 4) is 0 Å². The molecule has 2 aromatic carbocycles. The molecule has 0 saturated carbocycles. The summed E-state index contributed by atoms with van der Waals surface area (Å²) in [6.07, 6.45) is 1.06. The lowest BCUT2D eigenvalue weighted by atomic mass is 10.1.